The monoisotopic (exact) mass is 337 g/mol. The zero-order chi connectivity index (χ0) is 18.1. The molecule has 1 heterocycles. The first-order valence-corrected chi connectivity index (χ1v) is 8.09. The Morgan fingerprint density at radius 2 is 1.83 bits per heavy atom. The summed E-state index contributed by atoms with van der Waals surface area (Å²) in [6, 6.07) is 4.44. The first-order chi connectivity index (χ1) is 11.0. The molecular formula is C17H25BFNO4. The Hall–Kier alpha value is -1.60. The van der Waals surface area contributed by atoms with E-state index in [1.54, 1.807) is 12.1 Å². The maximum atomic E-state index is 14.4. The van der Waals surface area contributed by atoms with Crippen LogP contribution in [-0.2, 0) is 14.1 Å². The third-order valence-electron chi connectivity index (χ3n) is 4.30. The molecule has 5 nitrogen and oxygen atoms in total. The summed E-state index contributed by atoms with van der Waals surface area (Å²) in [5.41, 5.74) is -0.754. The molecule has 24 heavy (non-hydrogen) atoms. The van der Waals surface area contributed by atoms with Gasteiger partial charge in [-0.1, -0.05) is 6.07 Å². The molecule has 2 rings (SSSR count). The molecule has 1 N–H and O–H groups in total. The SMILES string of the molecule is CC(C)NC(=O)COc1ccc(B2OC(C)(C)C(C)(C)O2)c(F)c1. The van der Waals surface area contributed by atoms with Crippen molar-refractivity contribution in [1.29, 1.82) is 0 Å². The molecule has 1 aliphatic heterocycles. The highest BCUT2D eigenvalue weighted by Gasteiger charge is 2.52. The Bertz CT molecular complexity index is 603. The number of hydrogen-bond donors (Lipinski definition) is 1. The van der Waals surface area contributed by atoms with Gasteiger partial charge < -0.3 is 19.4 Å². The van der Waals surface area contributed by atoms with Crippen molar-refractivity contribution in [2.24, 2.45) is 0 Å². The molecule has 1 saturated heterocycles. The van der Waals surface area contributed by atoms with Crippen molar-refractivity contribution in [2.75, 3.05) is 6.61 Å². The van der Waals surface area contributed by atoms with E-state index in [1.807, 2.05) is 41.5 Å². The molecule has 0 spiro atoms. The van der Waals surface area contributed by atoms with E-state index in [9.17, 15) is 9.18 Å². The molecule has 1 aliphatic rings. The summed E-state index contributed by atoms with van der Waals surface area (Å²) in [4.78, 5) is 11.6. The second-order valence-electron chi connectivity index (χ2n) is 7.28. The first kappa shape index (κ1) is 18.7. The van der Waals surface area contributed by atoms with E-state index in [0.29, 0.717) is 5.46 Å². The maximum Gasteiger partial charge on any atom is 0.497 e. The molecule has 0 atom stereocenters. The van der Waals surface area contributed by atoms with Crippen LogP contribution < -0.4 is 15.5 Å². The fraction of sp³-hybridized carbons (Fsp3) is 0.588. The number of halogens is 1. The lowest BCUT2D eigenvalue weighted by Gasteiger charge is -2.32. The van der Waals surface area contributed by atoms with Crippen LogP contribution in [0.4, 0.5) is 4.39 Å². The van der Waals surface area contributed by atoms with Gasteiger partial charge in [0.15, 0.2) is 6.61 Å². The quantitative estimate of drug-likeness (QED) is 0.836. The smallest absolute Gasteiger partial charge is 0.484 e. The number of rotatable bonds is 5. The lowest BCUT2D eigenvalue weighted by Crippen LogP contribution is -2.41. The number of hydrogen-bond acceptors (Lipinski definition) is 4. The van der Waals surface area contributed by atoms with Crippen LogP contribution in [0.25, 0.3) is 0 Å². The van der Waals surface area contributed by atoms with Gasteiger partial charge in [-0.2, -0.15) is 0 Å². The zero-order valence-electron chi connectivity index (χ0n) is 15.1. The van der Waals surface area contributed by atoms with E-state index in [2.05, 4.69) is 5.32 Å². The largest absolute Gasteiger partial charge is 0.497 e. The predicted molar refractivity (Wildman–Crippen MR) is 90.9 cm³/mol. The van der Waals surface area contributed by atoms with Crippen LogP contribution >= 0.6 is 0 Å². The number of nitrogens with one attached hydrogen (secondary N) is 1. The Labute approximate surface area is 143 Å². The highest BCUT2D eigenvalue weighted by molar-refractivity contribution is 6.62. The Kier molecular flexibility index (Phi) is 5.25. The normalized spacial score (nSPS) is 18.8. The van der Waals surface area contributed by atoms with Crippen LogP contribution in [0.5, 0.6) is 5.75 Å². The van der Waals surface area contributed by atoms with Crippen molar-refractivity contribution in [3.05, 3.63) is 24.0 Å². The molecule has 0 aromatic heterocycles. The summed E-state index contributed by atoms with van der Waals surface area (Å²) in [5.74, 6) is -0.456. The highest BCUT2D eigenvalue weighted by Crippen LogP contribution is 2.36. The third kappa shape index (κ3) is 4.08. The molecule has 1 fully saturated rings. The molecule has 0 radical (unpaired) electrons. The number of benzene rings is 1. The lowest BCUT2D eigenvalue weighted by molar-refractivity contribution is -0.123. The van der Waals surface area contributed by atoms with E-state index < -0.39 is 24.1 Å². The minimum absolute atomic E-state index is 0.0311. The van der Waals surface area contributed by atoms with Gasteiger partial charge in [0.1, 0.15) is 11.6 Å². The topological polar surface area (TPSA) is 56.8 Å². The molecule has 0 saturated carbocycles. The number of amides is 1. The summed E-state index contributed by atoms with van der Waals surface area (Å²) in [5, 5.41) is 2.70. The van der Waals surface area contributed by atoms with Crippen LogP contribution in [0.2, 0.25) is 0 Å². The van der Waals surface area contributed by atoms with Crippen molar-refractivity contribution >= 4 is 18.5 Å². The van der Waals surface area contributed by atoms with Crippen LogP contribution in [0.15, 0.2) is 18.2 Å². The molecule has 0 unspecified atom stereocenters. The molecule has 1 amide bonds. The molecule has 132 valence electrons. The Morgan fingerprint density at radius 3 is 2.33 bits per heavy atom. The standard InChI is InChI=1S/C17H25BFNO4/c1-11(2)20-15(21)10-22-12-7-8-13(14(19)9-12)18-23-16(3,4)17(5,6)24-18/h7-9,11H,10H2,1-6H3,(H,20,21). The van der Waals surface area contributed by atoms with E-state index in [1.165, 1.54) is 6.07 Å². The van der Waals surface area contributed by atoms with Crippen molar-refractivity contribution in [2.45, 2.75) is 58.8 Å². The minimum Gasteiger partial charge on any atom is -0.484 e. The summed E-state index contributed by atoms with van der Waals surface area (Å²) >= 11 is 0. The van der Waals surface area contributed by atoms with Gasteiger partial charge in [0, 0.05) is 17.6 Å². The highest BCUT2D eigenvalue weighted by atomic mass is 19.1. The number of carbonyl (C=O) groups is 1. The fourth-order valence-corrected chi connectivity index (χ4v) is 2.27. The maximum absolute atomic E-state index is 14.4. The van der Waals surface area contributed by atoms with Crippen molar-refractivity contribution in [1.82, 2.24) is 5.32 Å². The third-order valence-corrected chi connectivity index (χ3v) is 4.30. The van der Waals surface area contributed by atoms with Gasteiger partial charge in [-0.25, -0.2) is 4.39 Å². The van der Waals surface area contributed by atoms with Crippen LogP contribution in [-0.4, -0.2) is 36.9 Å². The summed E-state index contributed by atoms with van der Waals surface area (Å²) in [6.07, 6.45) is 0. The number of carbonyl (C=O) groups excluding carboxylic acids is 1. The summed E-state index contributed by atoms with van der Waals surface area (Å²) in [6.45, 7) is 11.2. The molecule has 0 bridgehead atoms. The number of ether oxygens (including phenoxy) is 1. The van der Waals surface area contributed by atoms with Crippen molar-refractivity contribution < 1.29 is 23.2 Å². The van der Waals surface area contributed by atoms with Gasteiger partial charge >= 0.3 is 7.12 Å². The summed E-state index contributed by atoms with van der Waals surface area (Å²) < 4.78 is 31.4. The fourth-order valence-electron chi connectivity index (χ4n) is 2.27. The molecule has 1 aromatic carbocycles. The van der Waals surface area contributed by atoms with Crippen LogP contribution in [0.1, 0.15) is 41.5 Å². The van der Waals surface area contributed by atoms with Gasteiger partial charge in [-0.05, 0) is 47.6 Å². The van der Waals surface area contributed by atoms with E-state index in [-0.39, 0.29) is 24.3 Å². The second-order valence-corrected chi connectivity index (χ2v) is 7.28. The zero-order valence-corrected chi connectivity index (χ0v) is 15.1. The Balaban J connectivity index is 2.04. The van der Waals surface area contributed by atoms with E-state index in [0.717, 1.165) is 0 Å². The van der Waals surface area contributed by atoms with Crippen molar-refractivity contribution in [3.63, 3.8) is 0 Å². The average Bonchev–Trinajstić information content (AvgIpc) is 2.64. The van der Waals surface area contributed by atoms with Gasteiger partial charge in [-0.15, -0.1) is 0 Å². The minimum atomic E-state index is -0.770. The van der Waals surface area contributed by atoms with E-state index in [4.69, 9.17) is 14.0 Å². The van der Waals surface area contributed by atoms with E-state index >= 15 is 0 Å². The van der Waals surface area contributed by atoms with Crippen LogP contribution in [0.3, 0.4) is 0 Å². The predicted octanol–water partition coefficient (Wildman–Crippen LogP) is 2.03. The molecular weight excluding hydrogens is 312 g/mol. The van der Waals surface area contributed by atoms with Crippen molar-refractivity contribution in [3.8, 4) is 5.75 Å². The van der Waals surface area contributed by atoms with Gasteiger partial charge in [-0.3, -0.25) is 4.79 Å². The summed E-state index contributed by atoms with van der Waals surface area (Å²) in [7, 11) is -0.770. The van der Waals surface area contributed by atoms with Gasteiger partial charge in [0.2, 0.25) is 0 Å². The average molecular weight is 337 g/mol. The molecule has 1 aromatic rings. The first-order valence-electron chi connectivity index (χ1n) is 8.09. The molecule has 0 aliphatic carbocycles. The second kappa shape index (κ2) is 6.72. The Morgan fingerprint density at radius 1 is 1.25 bits per heavy atom. The van der Waals surface area contributed by atoms with Gasteiger partial charge in [0.25, 0.3) is 5.91 Å². The molecule has 7 heteroatoms. The lowest BCUT2D eigenvalue weighted by atomic mass is 9.78. The van der Waals surface area contributed by atoms with Crippen LogP contribution in [0, 0.1) is 5.82 Å². The van der Waals surface area contributed by atoms with Gasteiger partial charge in [0.05, 0.1) is 11.2 Å².